The highest BCUT2D eigenvalue weighted by Crippen LogP contribution is 2.30. The third kappa shape index (κ3) is 3.71. The van der Waals surface area contributed by atoms with Crippen LogP contribution in [0.2, 0.25) is 0 Å². The van der Waals surface area contributed by atoms with Gasteiger partial charge in [0.1, 0.15) is 11.4 Å². The average molecular weight is 343 g/mol. The summed E-state index contributed by atoms with van der Waals surface area (Å²) < 4.78 is 5.35. The van der Waals surface area contributed by atoms with E-state index in [2.05, 4.69) is 5.32 Å². The molecule has 0 spiro atoms. The number of para-hydroxylation sites is 1. The second-order valence-electron chi connectivity index (χ2n) is 5.57. The van der Waals surface area contributed by atoms with Gasteiger partial charge < -0.3 is 15.0 Å². The Bertz CT molecular complexity index is 792. The Hall–Kier alpha value is -3.09. The molecule has 1 atom stereocenters. The van der Waals surface area contributed by atoms with Crippen molar-refractivity contribution in [2.75, 3.05) is 26.5 Å². The summed E-state index contributed by atoms with van der Waals surface area (Å²) in [7, 11) is 4.84. The van der Waals surface area contributed by atoms with E-state index in [9.17, 15) is 14.9 Å². The monoisotopic (exact) mass is 343 g/mol. The van der Waals surface area contributed by atoms with Gasteiger partial charge in [0.25, 0.3) is 11.6 Å². The van der Waals surface area contributed by atoms with E-state index in [0.29, 0.717) is 11.4 Å². The van der Waals surface area contributed by atoms with Crippen LogP contribution in [-0.2, 0) is 0 Å². The molecule has 1 N–H and O–H groups in total. The van der Waals surface area contributed by atoms with E-state index in [1.165, 1.54) is 17.0 Å². The number of rotatable bonds is 6. The van der Waals surface area contributed by atoms with E-state index < -0.39 is 4.92 Å². The Morgan fingerprint density at radius 2 is 1.96 bits per heavy atom. The van der Waals surface area contributed by atoms with Gasteiger partial charge >= 0.3 is 0 Å². The highest BCUT2D eigenvalue weighted by molar-refractivity contribution is 5.95. The van der Waals surface area contributed by atoms with Crippen molar-refractivity contribution in [1.82, 2.24) is 4.90 Å². The molecule has 0 aliphatic heterocycles. The molecular formula is C18H21N3O4. The van der Waals surface area contributed by atoms with Crippen molar-refractivity contribution in [2.45, 2.75) is 13.0 Å². The second kappa shape index (κ2) is 7.65. The number of methoxy groups -OCH3 is 1. The Morgan fingerprint density at radius 3 is 2.56 bits per heavy atom. The minimum absolute atomic E-state index is 0.133. The maximum atomic E-state index is 12.8. The van der Waals surface area contributed by atoms with Gasteiger partial charge in [0.05, 0.1) is 18.1 Å². The molecule has 0 heterocycles. The van der Waals surface area contributed by atoms with Gasteiger partial charge in [-0.25, -0.2) is 0 Å². The lowest BCUT2D eigenvalue weighted by atomic mass is 10.0. The van der Waals surface area contributed by atoms with Gasteiger partial charge in [-0.2, -0.15) is 0 Å². The molecule has 7 nitrogen and oxygen atoms in total. The molecule has 0 saturated carbocycles. The molecule has 1 amide bonds. The third-order valence-electron chi connectivity index (χ3n) is 4.20. The van der Waals surface area contributed by atoms with Crippen LogP contribution in [0.4, 0.5) is 11.4 Å². The summed E-state index contributed by atoms with van der Waals surface area (Å²) in [5.74, 6) is 0.385. The van der Waals surface area contributed by atoms with E-state index in [0.717, 1.165) is 5.56 Å². The predicted molar refractivity (Wildman–Crippen MR) is 96.1 cm³/mol. The molecule has 0 radical (unpaired) electrons. The van der Waals surface area contributed by atoms with Gasteiger partial charge in [0, 0.05) is 31.3 Å². The number of benzene rings is 2. The van der Waals surface area contributed by atoms with E-state index in [1.807, 2.05) is 31.2 Å². The Labute approximate surface area is 146 Å². The quantitative estimate of drug-likeness (QED) is 0.641. The first kappa shape index (κ1) is 18.3. The molecule has 0 fully saturated rings. The van der Waals surface area contributed by atoms with Crippen molar-refractivity contribution in [2.24, 2.45) is 0 Å². The smallest absolute Gasteiger partial charge is 0.293 e. The van der Waals surface area contributed by atoms with E-state index in [1.54, 1.807) is 27.3 Å². The second-order valence-corrected chi connectivity index (χ2v) is 5.57. The number of amides is 1. The summed E-state index contributed by atoms with van der Waals surface area (Å²) in [6.07, 6.45) is 0. The molecular weight excluding hydrogens is 322 g/mol. The summed E-state index contributed by atoms with van der Waals surface area (Å²) in [6.45, 7) is 1.88. The fraction of sp³-hybridized carbons (Fsp3) is 0.278. The predicted octanol–water partition coefficient (Wildman–Crippen LogP) is 3.48. The first-order valence-electron chi connectivity index (χ1n) is 7.77. The Balaban J connectivity index is 2.33. The zero-order valence-corrected chi connectivity index (χ0v) is 14.6. The molecule has 132 valence electrons. The van der Waals surface area contributed by atoms with Crippen LogP contribution < -0.4 is 10.1 Å². The van der Waals surface area contributed by atoms with Crippen LogP contribution in [-0.4, -0.2) is 36.9 Å². The van der Waals surface area contributed by atoms with Crippen molar-refractivity contribution in [3.8, 4) is 5.75 Å². The van der Waals surface area contributed by atoms with E-state index in [4.69, 9.17) is 4.74 Å². The lowest BCUT2D eigenvalue weighted by Crippen LogP contribution is -2.30. The number of nitro benzene ring substituents is 1. The molecule has 2 aromatic carbocycles. The van der Waals surface area contributed by atoms with Crippen molar-refractivity contribution in [1.29, 1.82) is 0 Å². The normalized spacial score (nSPS) is 11.5. The van der Waals surface area contributed by atoms with Gasteiger partial charge in [-0.1, -0.05) is 18.2 Å². The molecule has 0 aliphatic rings. The van der Waals surface area contributed by atoms with E-state index >= 15 is 0 Å². The van der Waals surface area contributed by atoms with Crippen LogP contribution in [0.25, 0.3) is 0 Å². The Morgan fingerprint density at radius 1 is 1.28 bits per heavy atom. The summed E-state index contributed by atoms with van der Waals surface area (Å²) in [6, 6.07) is 11.6. The minimum atomic E-state index is -0.508. The fourth-order valence-corrected chi connectivity index (χ4v) is 2.63. The number of hydrogen-bond donors (Lipinski definition) is 1. The number of nitrogens with one attached hydrogen (secondary N) is 1. The zero-order chi connectivity index (χ0) is 18.6. The summed E-state index contributed by atoms with van der Waals surface area (Å²) in [5, 5.41) is 13.9. The first-order chi connectivity index (χ1) is 11.9. The van der Waals surface area contributed by atoms with Gasteiger partial charge in [0.15, 0.2) is 0 Å². The van der Waals surface area contributed by atoms with Crippen LogP contribution in [0.1, 0.15) is 28.9 Å². The van der Waals surface area contributed by atoms with Crippen LogP contribution in [0.3, 0.4) is 0 Å². The molecule has 2 aromatic rings. The largest absolute Gasteiger partial charge is 0.496 e. The van der Waals surface area contributed by atoms with Crippen molar-refractivity contribution < 1.29 is 14.5 Å². The molecule has 0 saturated heterocycles. The summed E-state index contributed by atoms with van der Waals surface area (Å²) in [5.41, 5.74) is 1.35. The highest BCUT2D eigenvalue weighted by atomic mass is 16.6. The number of nitro groups is 1. The molecule has 0 aromatic heterocycles. The van der Waals surface area contributed by atoms with Gasteiger partial charge in [-0.3, -0.25) is 14.9 Å². The molecule has 0 aliphatic carbocycles. The number of nitrogens with zero attached hydrogens (tertiary/aromatic N) is 2. The maximum absolute atomic E-state index is 12.8. The lowest BCUT2D eigenvalue weighted by Gasteiger charge is -2.26. The minimum Gasteiger partial charge on any atom is -0.496 e. The van der Waals surface area contributed by atoms with Crippen LogP contribution in [0.15, 0.2) is 42.5 Å². The third-order valence-corrected chi connectivity index (χ3v) is 4.20. The van der Waals surface area contributed by atoms with E-state index in [-0.39, 0.29) is 23.2 Å². The van der Waals surface area contributed by atoms with Gasteiger partial charge in [-0.05, 0) is 25.1 Å². The number of anilines is 1. The molecule has 25 heavy (non-hydrogen) atoms. The highest BCUT2D eigenvalue weighted by Gasteiger charge is 2.24. The van der Waals surface area contributed by atoms with Crippen LogP contribution >= 0.6 is 0 Å². The SMILES string of the molecule is CNc1ccc(C(=O)N(C)C(C)c2ccccc2OC)cc1[N+](=O)[O-]. The number of carbonyl (C=O) groups excluding carboxylic acids is 1. The van der Waals surface area contributed by atoms with Crippen molar-refractivity contribution in [3.05, 3.63) is 63.7 Å². The lowest BCUT2D eigenvalue weighted by molar-refractivity contribution is -0.384. The molecule has 2 rings (SSSR count). The summed E-state index contributed by atoms with van der Waals surface area (Å²) >= 11 is 0. The standard InChI is InChI=1S/C18H21N3O4/c1-12(14-7-5-6-8-17(14)25-4)20(3)18(22)13-9-10-15(19-2)16(11-13)21(23)24/h5-12,19H,1-4H3. The first-order valence-corrected chi connectivity index (χ1v) is 7.77. The fourth-order valence-electron chi connectivity index (χ4n) is 2.63. The van der Waals surface area contributed by atoms with Crippen molar-refractivity contribution >= 4 is 17.3 Å². The number of carbonyl (C=O) groups is 1. The zero-order valence-electron chi connectivity index (χ0n) is 14.6. The maximum Gasteiger partial charge on any atom is 0.293 e. The molecule has 0 bridgehead atoms. The number of ether oxygens (including phenoxy) is 1. The van der Waals surface area contributed by atoms with Crippen molar-refractivity contribution in [3.63, 3.8) is 0 Å². The van der Waals surface area contributed by atoms with Crippen LogP contribution in [0.5, 0.6) is 5.75 Å². The topological polar surface area (TPSA) is 84.7 Å². The molecule has 7 heteroatoms. The average Bonchev–Trinajstić information content (AvgIpc) is 2.65. The Kier molecular flexibility index (Phi) is 5.59. The van der Waals surface area contributed by atoms with Crippen LogP contribution in [0, 0.1) is 10.1 Å². The molecule has 1 unspecified atom stereocenters. The summed E-state index contributed by atoms with van der Waals surface area (Å²) in [4.78, 5) is 25.0. The van der Waals surface area contributed by atoms with Gasteiger partial charge in [-0.15, -0.1) is 0 Å². The number of hydrogen-bond acceptors (Lipinski definition) is 5. The van der Waals surface area contributed by atoms with Gasteiger partial charge in [0.2, 0.25) is 0 Å².